The van der Waals surface area contributed by atoms with E-state index in [1.54, 1.807) is 10.7 Å². The molecular weight excluding hydrogens is 330 g/mol. The lowest BCUT2D eigenvalue weighted by molar-refractivity contribution is 0.182. The topological polar surface area (TPSA) is 81.9 Å². The van der Waals surface area contributed by atoms with E-state index in [-0.39, 0.29) is 17.6 Å². The summed E-state index contributed by atoms with van der Waals surface area (Å²) in [5, 5.41) is 8.22. The summed E-state index contributed by atoms with van der Waals surface area (Å²) in [5.74, 6) is 1.69. The number of aromatic nitrogens is 4. The van der Waals surface area contributed by atoms with Crippen molar-refractivity contribution in [2.45, 2.75) is 57.5 Å². The molecule has 7 nitrogen and oxygen atoms in total. The van der Waals surface area contributed by atoms with Gasteiger partial charge in [0.15, 0.2) is 0 Å². The Labute approximate surface area is 151 Å². The van der Waals surface area contributed by atoms with Crippen molar-refractivity contribution < 1.29 is 4.74 Å². The summed E-state index contributed by atoms with van der Waals surface area (Å²) in [5.41, 5.74) is 4.52. The van der Waals surface area contributed by atoms with Gasteiger partial charge in [0.25, 0.3) is 5.56 Å². The Bertz CT molecular complexity index is 923. The van der Waals surface area contributed by atoms with E-state index in [2.05, 4.69) is 20.4 Å². The molecule has 3 aliphatic rings. The standard InChI is InChI=1S/C19H23N5O2/c1-11-20-15-7-3-5-13(15)19(21-11)22-16-9-26-10-17(16)24-18(25)8-12-4-2-6-14(12)23-24/h8,16-17H,2-7,9-10H2,1H3,(H,20,21,22). The Morgan fingerprint density at radius 3 is 2.88 bits per heavy atom. The van der Waals surface area contributed by atoms with Crippen molar-refractivity contribution in [2.24, 2.45) is 0 Å². The number of rotatable bonds is 3. The summed E-state index contributed by atoms with van der Waals surface area (Å²) in [7, 11) is 0. The quantitative estimate of drug-likeness (QED) is 0.898. The van der Waals surface area contributed by atoms with Crippen LogP contribution in [-0.2, 0) is 30.4 Å². The Morgan fingerprint density at radius 2 is 1.96 bits per heavy atom. The predicted molar refractivity (Wildman–Crippen MR) is 96.6 cm³/mol. The van der Waals surface area contributed by atoms with E-state index in [1.807, 2.05) is 6.92 Å². The Kier molecular flexibility index (Phi) is 3.77. The molecule has 2 unspecified atom stereocenters. The molecule has 2 aromatic heterocycles. The first-order valence-electron chi connectivity index (χ1n) is 9.51. The van der Waals surface area contributed by atoms with Gasteiger partial charge >= 0.3 is 0 Å². The van der Waals surface area contributed by atoms with E-state index in [4.69, 9.17) is 4.74 Å². The third-order valence-corrected chi connectivity index (χ3v) is 5.71. The maximum atomic E-state index is 12.6. The van der Waals surface area contributed by atoms with Crippen LogP contribution in [0.5, 0.6) is 0 Å². The number of fused-ring (bicyclic) bond motifs is 2. The molecule has 26 heavy (non-hydrogen) atoms. The molecule has 0 radical (unpaired) electrons. The molecule has 3 heterocycles. The molecule has 1 aliphatic heterocycles. The minimum atomic E-state index is -0.110. The molecule has 2 aromatic rings. The van der Waals surface area contributed by atoms with Gasteiger partial charge in [0.2, 0.25) is 0 Å². The van der Waals surface area contributed by atoms with Crippen molar-refractivity contribution >= 4 is 5.82 Å². The minimum absolute atomic E-state index is 0.0151. The molecule has 136 valence electrons. The van der Waals surface area contributed by atoms with Crippen molar-refractivity contribution in [1.82, 2.24) is 19.7 Å². The molecule has 2 atom stereocenters. The van der Waals surface area contributed by atoms with Gasteiger partial charge in [0.05, 0.1) is 24.9 Å². The zero-order valence-corrected chi connectivity index (χ0v) is 15.0. The van der Waals surface area contributed by atoms with E-state index in [0.29, 0.717) is 13.2 Å². The van der Waals surface area contributed by atoms with Gasteiger partial charge in [-0.1, -0.05) is 0 Å². The zero-order chi connectivity index (χ0) is 17.7. The van der Waals surface area contributed by atoms with Gasteiger partial charge in [0.1, 0.15) is 17.7 Å². The van der Waals surface area contributed by atoms with Gasteiger partial charge < -0.3 is 10.1 Å². The molecule has 1 N–H and O–H groups in total. The summed E-state index contributed by atoms with van der Waals surface area (Å²) in [6, 6.07) is 1.64. The second-order valence-corrected chi connectivity index (χ2v) is 7.51. The van der Waals surface area contributed by atoms with Crippen molar-refractivity contribution in [3.63, 3.8) is 0 Å². The van der Waals surface area contributed by atoms with Gasteiger partial charge in [-0.05, 0) is 51.0 Å². The fourth-order valence-electron chi connectivity index (χ4n) is 4.43. The van der Waals surface area contributed by atoms with Crippen LogP contribution in [0, 0.1) is 6.92 Å². The monoisotopic (exact) mass is 353 g/mol. The largest absolute Gasteiger partial charge is 0.377 e. The van der Waals surface area contributed by atoms with Crippen molar-refractivity contribution in [3.05, 3.63) is 44.8 Å². The summed E-state index contributed by atoms with van der Waals surface area (Å²) in [4.78, 5) is 21.8. The summed E-state index contributed by atoms with van der Waals surface area (Å²) < 4.78 is 7.34. The van der Waals surface area contributed by atoms with Gasteiger partial charge in [-0.2, -0.15) is 5.10 Å². The van der Waals surface area contributed by atoms with Crippen LogP contribution in [0.25, 0.3) is 0 Å². The highest BCUT2D eigenvalue weighted by Gasteiger charge is 2.33. The van der Waals surface area contributed by atoms with Crippen LogP contribution < -0.4 is 10.9 Å². The first kappa shape index (κ1) is 15.9. The highest BCUT2D eigenvalue weighted by atomic mass is 16.5. The van der Waals surface area contributed by atoms with E-state index in [9.17, 15) is 4.79 Å². The zero-order valence-electron chi connectivity index (χ0n) is 15.0. The number of aryl methyl sites for hydroxylation is 4. The van der Waals surface area contributed by atoms with E-state index < -0.39 is 0 Å². The highest BCUT2D eigenvalue weighted by molar-refractivity contribution is 5.49. The Morgan fingerprint density at radius 1 is 1.12 bits per heavy atom. The van der Waals surface area contributed by atoms with Crippen LogP contribution in [-0.4, -0.2) is 39.0 Å². The lowest BCUT2D eigenvalue weighted by Crippen LogP contribution is -2.38. The van der Waals surface area contributed by atoms with Crippen molar-refractivity contribution in [2.75, 3.05) is 18.5 Å². The van der Waals surface area contributed by atoms with Crippen molar-refractivity contribution in [3.8, 4) is 0 Å². The second-order valence-electron chi connectivity index (χ2n) is 7.51. The number of anilines is 1. The van der Waals surface area contributed by atoms with Crippen LogP contribution in [0.4, 0.5) is 5.82 Å². The molecular formula is C19H23N5O2. The average molecular weight is 353 g/mol. The molecule has 5 rings (SSSR count). The van der Waals surface area contributed by atoms with Crippen LogP contribution in [0.1, 0.15) is 47.2 Å². The third-order valence-electron chi connectivity index (χ3n) is 5.71. The lowest BCUT2D eigenvalue weighted by Gasteiger charge is -2.22. The second kappa shape index (κ2) is 6.16. The number of nitrogens with one attached hydrogen (secondary N) is 1. The molecule has 0 spiro atoms. The fraction of sp³-hybridized carbons (Fsp3) is 0.579. The average Bonchev–Trinajstić information content (AvgIpc) is 3.33. The number of hydrogen-bond acceptors (Lipinski definition) is 6. The first-order chi connectivity index (χ1) is 12.7. The molecule has 7 heteroatoms. The van der Waals surface area contributed by atoms with Gasteiger partial charge in [-0.15, -0.1) is 0 Å². The predicted octanol–water partition coefficient (Wildman–Crippen LogP) is 1.37. The highest BCUT2D eigenvalue weighted by Crippen LogP contribution is 2.29. The van der Waals surface area contributed by atoms with E-state index >= 15 is 0 Å². The number of nitrogens with zero attached hydrogens (tertiary/aromatic N) is 4. The lowest BCUT2D eigenvalue weighted by atomic mass is 10.1. The van der Waals surface area contributed by atoms with E-state index in [1.165, 1.54) is 5.56 Å². The maximum Gasteiger partial charge on any atom is 0.267 e. The SMILES string of the molecule is Cc1nc2c(c(NC3COCC3n3nc4c(cc3=O)CCC4)n1)CCC2. The maximum absolute atomic E-state index is 12.6. The third kappa shape index (κ3) is 2.61. The first-order valence-corrected chi connectivity index (χ1v) is 9.51. The van der Waals surface area contributed by atoms with Gasteiger partial charge in [0, 0.05) is 17.3 Å². The van der Waals surface area contributed by atoms with Gasteiger partial charge in [-0.3, -0.25) is 4.79 Å². The molecule has 0 amide bonds. The molecule has 0 saturated carbocycles. The fourth-order valence-corrected chi connectivity index (χ4v) is 4.43. The molecule has 1 saturated heterocycles. The Balaban J connectivity index is 1.47. The summed E-state index contributed by atoms with van der Waals surface area (Å²) in [6.45, 7) is 2.97. The van der Waals surface area contributed by atoms with Crippen LogP contribution >= 0.6 is 0 Å². The molecule has 1 fully saturated rings. The number of ether oxygens (including phenoxy) is 1. The molecule has 0 aromatic carbocycles. The van der Waals surface area contributed by atoms with Gasteiger partial charge in [-0.25, -0.2) is 14.6 Å². The van der Waals surface area contributed by atoms with E-state index in [0.717, 1.165) is 67.1 Å². The van der Waals surface area contributed by atoms with Crippen LogP contribution in [0.2, 0.25) is 0 Å². The summed E-state index contributed by atoms with van der Waals surface area (Å²) in [6.07, 6.45) is 6.16. The normalized spacial score (nSPS) is 23.9. The molecule has 2 aliphatic carbocycles. The minimum Gasteiger partial charge on any atom is -0.377 e. The Hall–Kier alpha value is -2.28. The molecule has 0 bridgehead atoms. The summed E-state index contributed by atoms with van der Waals surface area (Å²) >= 11 is 0. The number of hydrogen-bond donors (Lipinski definition) is 1. The smallest absolute Gasteiger partial charge is 0.267 e. The van der Waals surface area contributed by atoms with Crippen LogP contribution in [0.15, 0.2) is 10.9 Å². The van der Waals surface area contributed by atoms with Crippen LogP contribution in [0.3, 0.4) is 0 Å². The van der Waals surface area contributed by atoms with Crippen molar-refractivity contribution in [1.29, 1.82) is 0 Å².